The lowest BCUT2D eigenvalue weighted by Gasteiger charge is -2.09. The molecule has 2 aromatic rings. The number of H-pyrrole nitrogens is 1. The number of hydrogen-bond acceptors (Lipinski definition) is 4. The molecule has 5 heteroatoms. The molecule has 1 aromatic heterocycles. The Kier molecular flexibility index (Phi) is 2.87. The molecule has 2 rings (SSSR count). The fourth-order valence-corrected chi connectivity index (χ4v) is 1.49. The van der Waals surface area contributed by atoms with Crippen LogP contribution in [0, 0.1) is 0 Å². The summed E-state index contributed by atoms with van der Waals surface area (Å²) in [6.07, 6.45) is 0.399. The van der Waals surface area contributed by atoms with Gasteiger partial charge in [0.2, 0.25) is 0 Å². The molecule has 0 saturated heterocycles. The van der Waals surface area contributed by atoms with Gasteiger partial charge in [-0.05, 0) is 24.6 Å². The van der Waals surface area contributed by atoms with Crippen LogP contribution in [-0.2, 0) is 9.53 Å². The number of nitrogens with one attached hydrogen (secondary N) is 1. The molecule has 0 spiro atoms. The molecule has 0 aliphatic carbocycles. The highest BCUT2D eigenvalue weighted by Crippen LogP contribution is 2.19. The normalized spacial score (nSPS) is 12.6. The van der Waals surface area contributed by atoms with E-state index in [9.17, 15) is 9.90 Å². The number of aromatic nitrogens is 2. The number of nitrogens with zero attached hydrogens (tertiary/aromatic N) is 1. The summed E-state index contributed by atoms with van der Waals surface area (Å²) in [7, 11) is 0. The van der Waals surface area contributed by atoms with Gasteiger partial charge in [-0.2, -0.15) is 5.10 Å². The van der Waals surface area contributed by atoms with Crippen LogP contribution in [0.25, 0.3) is 10.9 Å². The van der Waals surface area contributed by atoms with Crippen LogP contribution in [0.4, 0.5) is 0 Å². The highest BCUT2D eigenvalue weighted by Gasteiger charge is 2.18. The van der Waals surface area contributed by atoms with Crippen molar-refractivity contribution in [2.24, 2.45) is 0 Å². The second-order valence-electron chi connectivity index (χ2n) is 3.37. The number of hydrogen-bond donors (Lipinski definition) is 2. The van der Waals surface area contributed by atoms with Gasteiger partial charge in [-0.1, -0.05) is 6.07 Å². The van der Waals surface area contributed by atoms with Gasteiger partial charge >= 0.3 is 5.97 Å². The van der Waals surface area contributed by atoms with Gasteiger partial charge in [0.25, 0.3) is 0 Å². The van der Waals surface area contributed by atoms with Crippen molar-refractivity contribution in [3.63, 3.8) is 0 Å². The number of rotatable bonds is 3. The third-order valence-electron chi connectivity index (χ3n) is 2.29. The quantitative estimate of drug-likeness (QED) is 0.761. The van der Waals surface area contributed by atoms with Crippen LogP contribution in [0.1, 0.15) is 18.6 Å². The Balaban J connectivity index is 2.28. The van der Waals surface area contributed by atoms with E-state index in [-0.39, 0.29) is 6.61 Å². The fourth-order valence-electron chi connectivity index (χ4n) is 1.49. The molecule has 84 valence electrons. The number of aliphatic hydroxyl groups is 1. The molecule has 16 heavy (non-hydrogen) atoms. The van der Waals surface area contributed by atoms with Gasteiger partial charge in [0.15, 0.2) is 6.10 Å². The molecule has 0 aliphatic heterocycles. The van der Waals surface area contributed by atoms with E-state index in [0.717, 1.165) is 10.9 Å². The standard InChI is InChI=1S/C11H12N2O3/c1-2-16-11(15)10(14)7-3-4-9-8(5-7)6-12-13-9/h3-6,10,14H,2H2,1H3,(H,12,13). The fraction of sp³-hybridized carbons (Fsp3) is 0.273. The molecule has 0 saturated carbocycles. The zero-order valence-electron chi connectivity index (χ0n) is 8.80. The summed E-state index contributed by atoms with van der Waals surface area (Å²) in [5, 5.41) is 17.2. The van der Waals surface area contributed by atoms with Gasteiger partial charge in [-0.25, -0.2) is 4.79 Å². The summed E-state index contributed by atoms with van der Waals surface area (Å²) < 4.78 is 4.74. The van der Waals surface area contributed by atoms with E-state index in [1.54, 1.807) is 31.3 Å². The van der Waals surface area contributed by atoms with Crippen LogP contribution >= 0.6 is 0 Å². The first-order chi connectivity index (χ1) is 7.72. The minimum Gasteiger partial charge on any atom is -0.464 e. The van der Waals surface area contributed by atoms with Crippen molar-refractivity contribution in [1.29, 1.82) is 0 Å². The molecule has 0 radical (unpaired) electrons. The summed E-state index contributed by atoms with van der Waals surface area (Å²) in [6.45, 7) is 1.95. The van der Waals surface area contributed by atoms with Gasteiger partial charge in [-0.3, -0.25) is 5.10 Å². The van der Waals surface area contributed by atoms with Crippen LogP contribution in [-0.4, -0.2) is 27.9 Å². The summed E-state index contributed by atoms with van der Waals surface area (Å²) >= 11 is 0. The number of benzene rings is 1. The number of ether oxygens (including phenoxy) is 1. The molecule has 1 aromatic carbocycles. The van der Waals surface area contributed by atoms with Crippen LogP contribution in [0.2, 0.25) is 0 Å². The number of carbonyl (C=O) groups excluding carboxylic acids is 1. The molecule has 5 nitrogen and oxygen atoms in total. The van der Waals surface area contributed by atoms with E-state index in [1.165, 1.54) is 0 Å². The van der Waals surface area contributed by atoms with Crippen molar-refractivity contribution < 1.29 is 14.6 Å². The summed E-state index contributed by atoms with van der Waals surface area (Å²) in [4.78, 5) is 11.3. The van der Waals surface area contributed by atoms with Gasteiger partial charge in [0.05, 0.1) is 18.3 Å². The van der Waals surface area contributed by atoms with Gasteiger partial charge in [0.1, 0.15) is 0 Å². The Morgan fingerprint density at radius 1 is 1.62 bits per heavy atom. The van der Waals surface area contributed by atoms with Crippen molar-refractivity contribution in [3.8, 4) is 0 Å². The average Bonchev–Trinajstić information content (AvgIpc) is 2.75. The topological polar surface area (TPSA) is 75.2 Å². The number of carbonyl (C=O) groups is 1. The lowest BCUT2D eigenvalue weighted by molar-refractivity contribution is -0.153. The molecule has 0 fully saturated rings. The first-order valence-corrected chi connectivity index (χ1v) is 5.00. The molecule has 1 heterocycles. The number of fused-ring (bicyclic) bond motifs is 1. The number of esters is 1. The predicted octanol–water partition coefficient (Wildman–Crippen LogP) is 1.16. The highest BCUT2D eigenvalue weighted by atomic mass is 16.5. The molecular formula is C11H12N2O3. The zero-order valence-corrected chi connectivity index (χ0v) is 8.80. The SMILES string of the molecule is CCOC(=O)C(O)c1ccc2[nH]ncc2c1. The molecule has 0 bridgehead atoms. The van der Waals surface area contributed by atoms with E-state index in [4.69, 9.17) is 4.74 Å². The maximum atomic E-state index is 11.3. The lowest BCUT2D eigenvalue weighted by Crippen LogP contribution is -2.15. The molecule has 0 aliphatic rings. The van der Waals surface area contributed by atoms with Crippen molar-refractivity contribution in [1.82, 2.24) is 10.2 Å². The van der Waals surface area contributed by atoms with Crippen LogP contribution in [0.3, 0.4) is 0 Å². The monoisotopic (exact) mass is 220 g/mol. The summed E-state index contributed by atoms with van der Waals surface area (Å²) in [5.74, 6) is -0.634. The van der Waals surface area contributed by atoms with Gasteiger partial charge < -0.3 is 9.84 Å². The van der Waals surface area contributed by atoms with E-state index in [2.05, 4.69) is 10.2 Å². The Morgan fingerprint density at radius 3 is 3.19 bits per heavy atom. The molecule has 2 N–H and O–H groups in total. The smallest absolute Gasteiger partial charge is 0.339 e. The number of aromatic amines is 1. The maximum Gasteiger partial charge on any atom is 0.339 e. The van der Waals surface area contributed by atoms with E-state index >= 15 is 0 Å². The largest absolute Gasteiger partial charge is 0.464 e. The Labute approximate surface area is 92.0 Å². The van der Waals surface area contributed by atoms with Crippen LogP contribution in [0.5, 0.6) is 0 Å². The van der Waals surface area contributed by atoms with Crippen molar-refractivity contribution >= 4 is 16.9 Å². The van der Waals surface area contributed by atoms with Gasteiger partial charge in [0, 0.05) is 5.39 Å². The Morgan fingerprint density at radius 2 is 2.44 bits per heavy atom. The second-order valence-corrected chi connectivity index (χ2v) is 3.37. The van der Waals surface area contributed by atoms with E-state index < -0.39 is 12.1 Å². The lowest BCUT2D eigenvalue weighted by atomic mass is 10.1. The van der Waals surface area contributed by atoms with E-state index in [0.29, 0.717) is 5.56 Å². The van der Waals surface area contributed by atoms with Crippen molar-refractivity contribution in [2.75, 3.05) is 6.61 Å². The molecule has 1 atom stereocenters. The van der Waals surface area contributed by atoms with Crippen LogP contribution < -0.4 is 0 Å². The zero-order chi connectivity index (χ0) is 11.5. The maximum absolute atomic E-state index is 11.3. The minimum absolute atomic E-state index is 0.254. The van der Waals surface area contributed by atoms with E-state index in [1.807, 2.05) is 0 Å². The van der Waals surface area contributed by atoms with Gasteiger partial charge in [-0.15, -0.1) is 0 Å². The predicted molar refractivity (Wildman–Crippen MR) is 57.7 cm³/mol. The summed E-state index contributed by atoms with van der Waals surface area (Å²) in [5.41, 5.74) is 1.37. The molecule has 0 amide bonds. The Hall–Kier alpha value is -1.88. The summed E-state index contributed by atoms with van der Waals surface area (Å²) in [6, 6.07) is 5.14. The second kappa shape index (κ2) is 4.32. The average molecular weight is 220 g/mol. The first-order valence-electron chi connectivity index (χ1n) is 5.00. The minimum atomic E-state index is -1.24. The van der Waals surface area contributed by atoms with Crippen molar-refractivity contribution in [3.05, 3.63) is 30.0 Å². The van der Waals surface area contributed by atoms with Crippen molar-refractivity contribution in [2.45, 2.75) is 13.0 Å². The highest BCUT2D eigenvalue weighted by molar-refractivity contribution is 5.82. The third-order valence-corrected chi connectivity index (χ3v) is 2.29. The third kappa shape index (κ3) is 1.90. The Bertz CT molecular complexity index is 507. The van der Waals surface area contributed by atoms with Crippen LogP contribution in [0.15, 0.2) is 24.4 Å². The first kappa shape index (κ1) is 10.6. The molecule has 1 unspecified atom stereocenters. The molecular weight excluding hydrogens is 208 g/mol. The number of aliphatic hydroxyl groups excluding tert-OH is 1.